The van der Waals surface area contributed by atoms with Gasteiger partial charge in [-0.05, 0) is 25.7 Å². The molecular formula is C11H12N3O3S. The quantitative estimate of drug-likeness (QED) is 0.480. The Bertz CT molecular complexity index is 452. The molecule has 95 valence electrons. The predicted octanol–water partition coefficient (Wildman–Crippen LogP) is 1.48. The van der Waals surface area contributed by atoms with Gasteiger partial charge < -0.3 is 10.2 Å². The maximum atomic E-state index is 10.8. The minimum Gasteiger partial charge on any atom is -0.392 e. The van der Waals surface area contributed by atoms with Crippen LogP contribution in [0.15, 0.2) is 10.5 Å². The van der Waals surface area contributed by atoms with Crippen LogP contribution in [0.4, 0.5) is 5.13 Å². The molecule has 0 aromatic carbocycles. The number of hydrogen-bond donors (Lipinski definition) is 1. The molecule has 1 aliphatic rings. The first-order valence-corrected chi connectivity index (χ1v) is 6.49. The minimum absolute atomic E-state index is 0.0251. The molecule has 1 saturated carbocycles. The van der Waals surface area contributed by atoms with Crippen LogP contribution in [0.25, 0.3) is 0 Å². The van der Waals surface area contributed by atoms with Gasteiger partial charge in [-0.25, -0.2) is 4.98 Å². The van der Waals surface area contributed by atoms with Crippen LogP contribution in [0.5, 0.6) is 0 Å². The van der Waals surface area contributed by atoms with Crippen LogP contribution in [0.2, 0.25) is 0 Å². The summed E-state index contributed by atoms with van der Waals surface area (Å²) in [5.41, 5.74) is 0.384. The van der Waals surface area contributed by atoms with E-state index in [0.29, 0.717) is 17.2 Å². The average Bonchev–Trinajstić information content (AvgIpc) is 3.02. The van der Waals surface area contributed by atoms with Crippen LogP contribution >= 0.6 is 11.3 Å². The third-order valence-corrected chi connectivity index (χ3v) is 3.39. The van der Waals surface area contributed by atoms with E-state index >= 15 is 0 Å². The van der Waals surface area contributed by atoms with Crippen LogP contribution in [0.1, 0.15) is 31.4 Å². The fourth-order valence-electron chi connectivity index (χ4n) is 1.74. The summed E-state index contributed by atoms with van der Waals surface area (Å²) in [5.74, 6) is 0. The lowest BCUT2D eigenvalue weighted by Crippen LogP contribution is -2.09. The summed E-state index contributed by atoms with van der Waals surface area (Å²) in [4.78, 5) is 30.4. The molecule has 1 aromatic rings. The number of thiazole rings is 1. The fourth-order valence-corrected chi connectivity index (χ4v) is 2.39. The van der Waals surface area contributed by atoms with Crippen molar-refractivity contribution < 1.29 is 14.4 Å². The summed E-state index contributed by atoms with van der Waals surface area (Å²) < 4.78 is 0. The molecule has 1 aromatic heterocycles. The molecule has 1 aliphatic carbocycles. The molecule has 1 amide bonds. The van der Waals surface area contributed by atoms with Crippen LogP contribution in [-0.2, 0) is 14.4 Å². The molecular weight excluding hydrogens is 254 g/mol. The first-order chi connectivity index (χ1) is 8.83. The van der Waals surface area contributed by atoms with Crippen LogP contribution in [0.3, 0.4) is 0 Å². The van der Waals surface area contributed by atoms with Gasteiger partial charge >= 0.3 is 0 Å². The summed E-state index contributed by atoms with van der Waals surface area (Å²) in [5, 5.41) is 8.22. The van der Waals surface area contributed by atoms with E-state index in [1.165, 1.54) is 11.3 Å². The number of rotatable bonds is 6. The molecule has 0 aliphatic heterocycles. The van der Waals surface area contributed by atoms with Gasteiger partial charge in [0.2, 0.25) is 6.41 Å². The van der Waals surface area contributed by atoms with Crippen molar-refractivity contribution in [1.29, 1.82) is 0 Å². The maximum Gasteiger partial charge on any atom is 0.259 e. The highest BCUT2D eigenvalue weighted by Crippen LogP contribution is 2.21. The van der Waals surface area contributed by atoms with Gasteiger partial charge in [0, 0.05) is 5.38 Å². The fraction of sp³-hybridized carbons (Fsp3) is 0.455. The van der Waals surface area contributed by atoms with Gasteiger partial charge in [-0.2, -0.15) is 0 Å². The molecule has 6 nitrogen and oxygen atoms in total. The van der Waals surface area contributed by atoms with Crippen molar-refractivity contribution >= 4 is 34.9 Å². The number of hydrogen-bond acceptors (Lipinski definition) is 6. The predicted molar refractivity (Wildman–Crippen MR) is 67.4 cm³/mol. The molecule has 0 saturated heterocycles. The van der Waals surface area contributed by atoms with Crippen molar-refractivity contribution in [2.75, 3.05) is 5.32 Å². The Balaban J connectivity index is 2.03. The van der Waals surface area contributed by atoms with Crippen molar-refractivity contribution in [2.45, 2.75) is 31.8 Å². The molecule has 1 fully saturated rings. The second-order valence-corrected chi connectivity index (χ2v) is 4.71. The lowest BCUT2D eigenvalue weighted by molar-refractivity contribution is -0.105. The van der Waals surface area contributed by atoms with E-state index in [-0.39, 0.29) is 11.8 Å². The Morgan fingerprint density at radius 3 is 3.06 bits per heavy atom. The number of nitrogens with zero attached hydrogens (tertiary/aromatic N) is 2. The van der Waals surface area contributed by atoms with Crippen molar-refractivity contribution in [3.63, 3.8) is 0 Å². The van der Waals surface area contributed by atoms with E-state index in [0.717, 1.165) is 25.7 Å². The lowest BCUT2D eigenvalue weighted by atomic mass is 10.3. The number of amides is 1. The summed E-state index contributed by atoms with van der Waals surface area (Å²) in [7, 11) is 0. The summed E-state index contributed by atoms with van der Waals surface area (Å²) in [6.07, 6.45) is 6.50. The molecule has 7 heteroatoms. The SMILES string of the molecule is O=[C]C(=NOC1CCCC1)c1csc(NC=O)n1. The van der Waals surface area contributed by atoms with E-state index in [1.54, 1.807) is 11.7 Å². The molecule has 1 radical (unpaired) electrons. The number of nitrogens with one attached hydrogen (secondary N) is 1. The first kappa shape index (κ1) is 12.7. The van der Waals surface area contributed by atoms with Crippen molar-refractivity contribution in [3.8, 4) is 0 Å². The molecule has 1 heterocycles. The first-order valence-electron chi connectivity index (χ1n) is 5.61. The second-order valence-electron chi connectivity index (χ2n) is 3.85. The highest BCUT2D eigenvalue weighted by Gasteiger charge is 2.17. The number of oxime groups is 1. The Morgan fingerprint density at radius 2 is 2.39 bits per heavy atom. The van der Waals surface area contributed by atoms with Gasteiger partial charge in [-0.15, -0.1) is 11.3 Å². The summed E-state index contributed by atoms with van der Waals surface area (Å²) in [6.45, 7) is 0. The summed E-state index contributed by atoms with van der Waals surface area (Å²) in [6, 6.07) is 0. The smallest absolute Gasteiger partial charge is 0.259 e. The van der Waals surface area contributed by atoms with Crippen LogP contribution in [-0.4, -0.2) is 29.5 Å². The van der Waals surface area contributed by atoms with Crippen LogP contribution in [0, 0.1) is 0 Å². The monoisotopic (exact) mass is 266 g/mol. The number of aromatic nitrogens is 1. The molecule has 2 rings (SSSR count). The van der Waals surface area contributed by atoms with E-state index < -0.39 is 0 Å². The topological polar surface area (TPSA) is 80.6 Å². The minimum atomic E-state index is 0.0251. The van der Waals surface area contributed by atoms with Gasteiger partial charge in [-0.1, -0.05) is 5.16 Å². The number of anilines is 1. The van der Waals surface area contributed by atoms with E-state index in [2.05, 4.69) is 15.5 Å². The van der Waals surface area contributed by atoms with Gasteiger partial charge in [0.15, 0.2) is 10.8 Å². The highest BCUT2D eigenvalue weighted by atomic mass is 32.1. The van der Waals surface area contributed by atoms with E-state index in [9.17, 15) is 9.59 Å². The zero-order valence-electron chi connectivity index (χ0n) is 9.59. The van der Waals surface area contributed by atoms with Gasteiger partial charge in [0.1, 0.15) is 11.8 Å². The lowest BCUT2D eigenvalue weighted by Gasteiger charge is -2.05. The third kappa shape index (κ3) is 3.13. The normalized spacial score (nSPS) is 16.6. The van der Waals surface area contributed by atoms with E-state index in [1.807, 2.05) is 0 Å². The second kappa shape index (κ2) is 6.25. The third-order valence-electron chi connectivity index (χ3n) is 2.62. The highest BCUT2D eigenvalue weighted by molar-refractivity contribution is 7.14. The maximum absolute atomic E-state index is 10.8. The standard InChI is InChI=1S/C11H12N3O3S/c15-5-9(14-17-8-3-1-2-4-8)10-6-18-11(13-10)12-7-16/h6-8H,1-4H2,(H,12,13,16). The molecule has 0 unspecified atom stereocenters. The van der Waals surface area contributed by atoms with Crippen molar-refractivity contribution in [2.24, 2.45) is 5.16 Å². The van der Waals surface area contributed by atoms with Crippen molar-refractivity contribution in [3.05, 3.63) is 11.1 Å². The Labute approximate surface area is 108 Å². The molecule has 0 bridgehead atoms. The molecule has 0 spiro atoms. The zero-order chi connectivity index (χ0) is 12.8. The van der Waals surface area contributed by atoms with E-state index in [4.69, 9.17) is 4.84 Å². The number of carbonyl (C=O) groups excluding carboxylic acids is 2. The zero-order valence-corrected chi connectivity index (χ0v) is 10.4. The van der Waals surface area contributed by atoms with Crippen LogP contribution < -0.4 is 5.32 Å². The Kier molecular flexibility index (Phi) is 4.40. The van der Waals surface area contributed by atoms with Gasteiger partial charge in [0.05, 0.1) is 0 Å². The summed E-state index contributed by atoms with van der Waals surface area (Å²) >= 11 is 1.21. The molecule has 1 N–H and O–H groups in total. The average molecular weight is 266 g/mol. The van der Waals surface area contributed by atoms with Gasteiger partial charge in [-0.3, -0.25) is 9.59 Å². The van der Waals surface area contributed by atoms with Crippen molar-refractivity contribution in [1.82, 2.24) is 4.98 Å². The Morgan fingerprint density at radius 1 is 1.61 bits per heavy atom. The molecule has 0 atom stereocenters. The Hall–Kier alpha value is -1.76. The largest absolute Gasteiger partial charge is 0.392 e. The number of carbonyl (C=O) groups is 1. The molecule has 18 heavy (non-hydrogen) atoms. The van der Waals surface area contributed by atoms with Gasteiger partial charge in [0.25, 0.3) is 6.29 Å².